The smallest absolute Gasteiger partial charge is 0.258 e. The van der Waals surface area contributed by atoms with Crippen molar-refractivity contribution in [2.45, 2.75) is 20.4 Å². The lowest BCUT2D eigenvalue weighted by atomic mass is 10.1. The van der Waals surface area contributed by atoms with Crippen molar-refractivity contribution in [3.05, 3.63) is 41.3 Å². The van der Waals surface area contributed by atoms with E-state index < -0.39 is 0 Å². The van der Waals surface area contributed by atoms with Crippen LogP contribution in [0.2, 0.25) is 0 Å². The molecule has 6 nitrogen and oxygen atoms in total. The zero-order valence-corrected chi connectivity index (χ0v) is 14.0. The van der Waals surface area contributed by atoms with E-state index in [2.05, 4.69) is 39.1 Å². The van der Waals surface area contributed by atoms with Crippen LogP contribution in [0.4, 0.5) is 0 Å². The predicted molar refractivity (Wildman–Crippen MR) is 90.6 cm³/mol. The summed E-state index contributed by atoms with van der Waals surface area (Å²) in [5, 5.41) is 5.20. The van der Waals surface area contributed by atoms with Crippen molar-refractivity contribution in [2.75, 3.05) is 26.3 Å². The normalized spacial score (nSPS) is 15.9. The zero-order valence-electron chi connectivity index (χ0n) is 14.0. The quantitative estimate of drug-likeness (QED) is 0.738. The molecule has 1 fully saturated rings. The van der Waals surface area contributed by atoms with E-state index in [0.29, 0.717) is 18.3 Å². The highest BCUT2D eigenvalue weighted by molar-refractivity contribution is 5.92. The SMILES string of the molecule is Cc1ccc2nc(C)cc(-c3nc(CN4CCOCC4)no3)c2c1. The molecule has 0 atom stereocenters. The fraction of sp³-hybridized carbons (Fsp3) is 0.389. The van der Waals surface area contributed by atoms with Crippen molar-refractivity contribution >= 4 is 10.9 Å². The van der Waals surface area contributed by atoms with Gasteiger partial charge in [-0.2, -0.15) is 4.98 Å². The van der Waals surface area contributed by atoms with Gasteiger partial charge in [0.25, 0.3) is 5.89 Å². The zero-order chi connectivity index (χ0) is 16.5. The summed E-state index contributed by atoms with van der Waals surface area (Å²) >= 11 is 0. The summed E-state index contributed by atoms with van der Waals surface area (Å²) in [7, 11) is 0. The molecular weight excluding hydrogens is 304 g/mol. The average molecular weight is 324 g/mol. The van der Waals surface area contributed by atoms with Crippen LogP contribution in [0.3, 0.4) is 0 Å². The molecule has 24 heavy (non-hydrogen) atoms. The van der Waals surface area contributed by atoms with Gasteiger partial charge < -0.3 is 9.26 Å². The van der Waals surface area contributed by atoms with Crippen molar-refractivity contribution in [3.63, 3.8) is 0 Å². The number of hydrogen-bond donors (Lipinski definition) is 0. The maximum absolute atomic E-state index is 5.55. The standard InChI is InChI=1S/C18H20N4O2/c1-12-3-4-16-14(9-12)15(10-13(2)19-16)18-20-17(21-24-18)11-22-5-7-23-8-6-22/h3-4,9-10H,5-8,11H2,1-2H3. The minimum Gasteiger partial charge on any atom is -0.379 e. The monoisotopic (exact) mass is 324 g/mol. The number of aryl methyl sites for hydroxylation is 2. The maximum Gasteiger partial charge on any atom is 0.258 e. The third-order valence-corrected chi connectivity index (χ3v) is 4.26. The van der Waals surface area contributed by atoms with Crippen LogP contribution >= 0.6 is 0 Å². The van der Waals surface area contributed by atoms with Crippen LogP contribution in [-0.4, -0.2) is 46.3 Å². The van der Waals surface area contributed by atoms with E-state index in [1.165, 1.54) is 5.56 Å². The lowest BCUT2D eigenvalue weighted by Crippen LogP contribution is -2.35. The molecule has 0 bridgehead atoms. The van der Waals surface area contributed by atoms with Crippen LogP contribution in [0.25, 0.3) is 22.4 Å². The molecule has 2 aromatic heterocycles. The summed E-state index contributed by atoms with van der Waals surface area (Å²) in [5.41, 5.74) is 4.02. The molecule has 0 spiro atoms. The van der Waals surface area contributed by atoms with Crippen molar-refractivity contribution in [1.82, 2.24) is 20.0 Å². The third kappa shape index (κ3) is 3.02. The number of benzene rings is 1. The molecule has 3 aromatic rings. The highest BCUT2D eigenvalue weighted by Gasteiger charge is 2.17. The van der Waals surface area contributed by atoms with Gasteiger partial charge >= 0.3 is 0 Å². The van der Waals surface area contributed by atoms with Gasteiger partial charge in [-0.1, -0.05) is 16.8 Å². The lowest BCUT2D eigenvalue weighted by Gasteiger charge is -2.24. The first-order chi connectivity index (χ1) is 11.7. The van der Waals surface area contributed by atoms with Gasteiger partial charge in [0.1, 0.15) is 0 Å². The first kappa shape index (κ1) is 15.2. The molecule has 0 unspecified atom stereocenters. The van der Waals surface area contributed by atoms with E-state index in [4.69, 9.17) is 9.26 Å². The van der Waals surface area contributed by atoms with Gasteiger partial charge in [0.2, 0.25) is 0 Å². The number of aromatic nitrogens is 3. The molecule has 6 heteroatoms. The van der Waals surface area contributed by atoms with Crippen molar-refractivity contribution in [1.29, 1.82) is 0 Å². The first-order valence-electron chi connectivity index (χ1n) is 8.20. The highest BCUT2D eigenvalue weighted by atomic mass is 16.5. The van der Waals surface area contributed by atoms with Gasteiger partial charge in [-0.15, -0.1) is 0 Å². The van der Waals surface area contributed by atoms with Gasteiger partial charge in [-0.25, -0.2) is 0 Å². The van der Waals surface area contributed by atoms with Gasteiger partial charge in [-0.05, 0) is 32.0 Å². The molecule has 124 valence electrons. The number of hydrogen-bond acceptors (Lipinski definition) is 6. The Labute approximate surface area is 140 Å². The summed E-state index contributed by atoms with van der Waals surface area (Å²) in [6.45, 7) is 8.07. The molecular formula is C18H20N4O2. The highest BCUT2D eigenvalue weighted by Crippen LogP contribution is 2.28. The topological polar surface area (TPSA) is 64.3 Å². The van der Waals surface area contributed by atoms with E-state index >= 15 is 0 Å². The number of ether oxygens (including phenoxy) is 1. The second-order valence-corrected chi connectivity index (χ2v) is 6.24. The van der Waals surface area contributed by atoms with E-state index in [0.717, 1.165) is 48.5 Å². The third-order valence-electron chi connectivity index (χ3n) is 4.26. The Morgan fingerprint density at radius 2 is 1.92 bits per heavy atom. The van der Waals surface area contributed by atoms with E-state index in [9.17, 15) is 0 Å². The molecule has 1 aliphatic rings. The minimum atomic E-state index is 0.555. The van der Waals surface area contributed by atoms with Crippen LogP contribution in [-0.2, 0) is 11.3 Å². The molecule has 0 aliphatic carbocycles. The number of pyridine rings is 1. The fourth-order valence-corrected chi connectivity index (χ4v) is 3.04. The van der Waals surface area contributed by atoms with Gasteiger partial charge in [0, 0.05) is 24.2 Å². The Hall–Kier alpha value is -2.31. The van der Waals surface area contributed by atoms with Gasteiger partial charge in [-0.3, -0.25) is 9.88 Å². The number of fused-ring (bicyclic) bond motifs is 1. The Morgan fingerprint density at radius 3 is 2.75 bits per heavy atom. The second-order valence-electron chi connectivity index (χ2n) is 6.24. The lowest BCUT2D eigenvalue weighted by molar-refractivity contribution is 0.0327. The van der Waals surface area contributed by atoms with Crippen molar-refractivity contribution in [3.8, 4) is 11.5 Å². The average Bonchev–Trinajstić information content (AvgIpc) is 3.04. The Bertz CT molecular complexity index is 869. The van der Waals surface area contributed by atoms with E-state index in [1.54, 1.807) is 0 Å². The second kappa shape index (κ2) is 6.30. The van der Waals surface area contributed by atoms with Crippen LogP contribution < -0.4 is 0 Å². The Kier molecular flexibility index (Phi) is 4.00. The summed E-state index contributed by atoms with van der Waals surface area (Å²) in [5.74, 6) is 1.27. The number of nitrogens with zero attached hydrogens (tertiary/aromatic N) is 4. The summed E-state index contributed by atoms with van der Waals surface area (Å²) in [4.78, 5) is 11.5. The number of morpholine rings is 1. The van der Waals surface area contributed by atoms with Crippen LogP contribution in [0.5, 0.6) is 0 Å². The summed E-state index contributed by atoms with van der Waals surface area (Å²) < 4.78 is 10.9. The van der Waals surface area contributed by atoms with Gasteiger partial charge in [0.15, 0.2) is 5.82 Å². The van der Waals surface area contributed by atoms with Crippen LogP contribution in [0.1, 0.15) is 17.1 Å². The Morgan fingerprint density at radius 1 is 1.08 bits per heavy atom. The molecule has 1 saturated heterocycles. The Balaban J connectivity index is 1.68. The molecule has 0 amide bonds. The molecule has 3 heterocycles. The summed E-state index contributed by atoms with van der Waals surface area (Å²) in [6.07, 6.45) is 0. The molecule has 0 N–H and O–H groups in total. The van der Waals surface area contributed by atoms with Crippen LogP contribution in [0, 0.1) is 13.8 Å². The van der Waals surface area contributed by atoms with Gasteiger partial charge in [0.05, 0.1) is 30.8 Å². The minimum absolute atomic E-state index is 0.555. The molecule has 0 radical (unpaired) electrons. The largest absolute Gasteiger partial charge is 0.379 e. The van der Waals surface area contributed by atoms with Crippen LogP contribution in [0.15, 0.2) is 28.8 Å². The summed E-state index contributed by atoms with van der Waals surface area (Å²) in [6, 6.07) is 8.22. The fourth-order valence-electron chi connectivity index (χ4n) is 3.04. The molecule has 1 aliphatic heterocycles. The molecule has 0 saturated carbocycles. The van der Waals surface area contributed by atoms with E-state index in [-0.39, 0.29) is 0 Å². The molecule has 4 rings (SSSR count). The van der Waals surface area contributed by atoms with E-state index in [1.807, 2.05) is 19.1 Å². The number of rotatable bonds is 3. The molecule has 1 aromatic carbocycles. The van der Waals surface area contributed by atoms with Crippen molar-refractivity contribution < 1.29 is 9.26 Å². The first-order valence-corrected chi connectivity index (χ1v) is 8.20. The van der Waals surface area contributed by atoms with Crippen molar-refractivity contribution in [2.24, 2.45) is 0 Å². The maximum atomic E-state index is 5.55. The predicted octanol–water partition coefficient (Wildman–Crippen LogP) is 2.73.